The first-order valence-corrected chi connectivity index (χ1v) is 5.40. The van der Waals surface area contributed by atoms with E-state index in [9.17, 15) is 4.79 Å². The van der Waals surface area contributed by atoms with Gasteiger partial charge in [-0.3, -0.25) is 14.7 Å². The van der Waals surface area contributed by atoms with Crippen molar-refractivity contribution >= 4 is 5.91 Å². The van der Waals surface area contributed by atoms with E-state index in [1.807, 2.05) is 12.1 Å². The lowest BCUT2D eigenvalue weighted by molar-refractivity contribution is -0.119. The first-order chi connectivity index (χ1) is 7.77. The Morgan fingerprint density at radius 1 is 1.56 bits per heavy atom. The molecule has 2 heterocycles. The number of piperazine rings is 1. The van der Waals surface area contributed by atoms with Crippen LogP contribution in [0.3, 0.4) is 0 Å². The van der Waals surface area contributed by atoms with E-state index < -0.39 is 0 Å². The first-order valence-electron chi connectivity index (χ1n) is 5.40. The Labute approximate surface area is 94.6 Å². The molecular formula is C11H16N4O. The highest BCUT2D eigenvalue weighted by Gasteiger charge is 2.24. The highest BCUT2D eigenvalue weighted by Crippen LogP contribution is 2.20. The van der Waals surface area contributed by atoms with Gasteiger partial charge < -0.3 is 11.1 Å². The Morgan fingerprint density at radius 2 is 2.31 bits per heavy atom. The van der Waals surface area contributed by atoms with Gasteiger partial charge in [0, 0.05) is 38.1 Å². The maximum Gasteiger partial charge on any atom is 0.231 e. The van der Waals surface area contributed by atoms with Crippen LogP contribution in [0.25, 0.3) is 0 Å². The van der Waals surface area contributed by atoms with Gasteiger partial charge in [0.15, 0.2) is 0 Å². The topological polar surface area (TPSA) is 71.2 Å². The van der Waals surface area contributed by atoms with Gasteiger partial charge in [0.05, 0.1) is 6.54 Å². The number of carbonyl (C=O) groups is 1. The van der Waals surface area contributed by atoms with Crippen LogP contribution in [0.4, 0.5) is 0 Å². The van der Waals surface area contributed by atoms with E-state index >= 15 is 0 Å². The van der Waals surface area contributed by atoms with Gasteiger partial charge in [-0.05, 0) is 17.7 Å². The molecule has 2 rings (SSSR count). The molecule has 1 aliphatic heterocycles. The number of nitrogens with one attached hydrogen (secondary N) is 1. The summed E-state index contributed by atoms with van der Waals surface area (Å²) in [6.45, 7) is 2.90. The molecule has 1 aromatic heterocycles. The molecular weight excluding hydrogens is 204 g/mol. The van der Waals surface area contributed by atoms with Gasteiger partial charge >= 0.3 is 0 Å². The zero-order chi connectivity index (χ0) is 11.4. The minimum atomic E-state index is -0.277. The third kappa shape index (κ3) is 2.56. The molecule has 1 atom stereocenters. The van der Waals surface area contributed by atoms with E-state index in [4.69, 9.17) is 5.73 Å². The molecule has 1 aromatic rings. The average molecular weight is 220 g/mol. The molecule has 3 N–H and O–H groups in total. The average Bonchev–Trinajstić information content (AvgIpc) is 2.30. The molecule has 0 saturated carbocycles. The summed E-state index contributed by atoms with van der Waals surface area (Å²) in [6.07, 6.45) is 3.54. The smallest absolute Gasteiger partial charge is 0.231 e. The van der Waals surface area contributed by atoms with Crippen molar-refractivity contribution in [3.8, 4) is 0 Å². The monoisotopic (exact) mass is 220 g/mol. The van der Waals surface area contributed by atoms with Crippen molar-refractivity contribution in [2.75, 3.05) is 26.2 Å². The molecule has 0 spiro atoms. The lowest BCUT2D eigenvalue weighted by Gasteiger charge is -2.35. The third-order valence-corrected chi connectivity index (χ3v) is 2.80. The van der Waals surface area contributed by atoms with Crippen molar-refractivity contribution in [1.82, 2.24) is 15.2 Å². The number of nitrogens with zero attached hydrogens (tertiary/aromatic N) is 2. The zero-order valence-corrected chi connectivity index (χ0v) is 9.10. The minimum Gasteiger partial charge on any atom is -0.369 e. The molecule has 0 aliphatic carbocycles. The normalized spacial score (nSPS) is 21.9. The summed E-state index contributed by atoms with van der Waals surface area (Å²) in [5.74, 6) is -0.277. The number of nitrogens with two attached hydrogens (primary N) is 1. The highest BCUT2D eigenvalue weighted by atomic mass is 16.1. The number of hydrogen-bond acceptors (Lipinski definition) is 4. The molecule has 16 heavy (non-hydrogen) atoms. The van der Waals surface area contributed by atoms with E-state index in [0.717, 1.165) is 19.6 Å². The molecule has 5 heteroatoms. The van der Waals surface area contributed by atoms with E-state index in [1.165, 1.54) is 5.56 Å². The Morgan fingerprint density at radius 3 is 3.00 bits per heavy atom. The fourth-order valence-corrected chi connectivity index (χ4v) is 2.05. The maximum absolute atomic E-state index is 11.0. The Hall–Kier alpha value is -1.46. The van der Waals surface area contributed by atoms with E-state index in [0.29, 0.717) is 6.54 Å². The molecule has 0 aromatic carbocycles. The molecule has 1 saturated heterocycles. The zero-order valence-electron chi connectivity index (χ0n) is 9.10. The Bertz CT molecular complexity index is 354. The van der Waals surface area contributed by atoms with Crippen molar-refractivity contribution in [1.29, 1.82) is 0 Å². The fourth-order valence-electron chi connectivity index (χ4n) is 2.05. The summed E-state index contributed by atoms with van der Waals surface area (Å²) in [4.78, 5) is 17.1. The van der Waals surface area contributed by atoms with Gasteiger partial charge in [-0.15, -0.1) is 0 Å². The second-order valence-corrected chi connectivity index (χ2v) is 3.94. The quantitative estimate of drug-likeness (QED) is 0.721. The first kappa shape index (κ1) is 11.0. The van der Waals surface area contributed by atoms with E-state index in [2.05, 4.69) is 15.2 Å². The highest BCUT2D eigenvalue weighted by molar-refractivity contribution is 5.76. The van der Waals surface area contributed by atoms with E-state index in [1.54, 1.807) is 12.4 Å². The molecule has 1 aliphatic rings. The summed E-state index contributed by atoms with van der Waals surface area (Å²) in [7, 11) is 0. The summed E-state index contributed by atoms with van der Waals surface area (Å²) in [5.41, 5.74) is 6.42. The van der Waals surface area contributed by atoms with Crippen LogP contribution < -0.4 is 11.1 Å². The van der Waals surface area contributed by atoms with Crippen molar-refractivity contribution in [2.24, 2.45) is 5.73 Å². The van der Waals surface area contributed by atoms with Crippen LogP contribution in [0, 0.1) is 0 Å². The number of aromatic nitrogens is 1. The number of rotatable bonds is 3. The summed E-state index contributed by atoms with van der Waals surface area (Å²) in [5, 5.41) is 3.32. The predicted molar refractivity (Wildman–Crippen MR) is 60.6 cm³/mol. The van der Waals surface area contributed by atoms with Crippen LogP contribution in [-0.2, 0) is 4.79 Å². The van der Waals surface area contributed by atoms with Crippen LogP contribution in [0.15, 0.2) is 24.5 Å². The maximum atomic E-state index is 11.0. The van der Waals surface area contributed by atoms with Crippen molar-refractivity contribution in [3.63, 3.8) is 0 Å². The molecule has 0 bridgehead atoms. The van der Waals surface area contributed by atoms with Gasteiger partial charge in [-0.1, -0.05) is 0 Å². The number of pyridine rings is 1. The van der Waals surface area contributed by atoms with Crippen LogP contribution in [-0.4, -0.2) is 42.0 Å². The van der Waals surface area contributed by atoms with Crippen molar-refractivity contribution < 1.29 is 4.79 Å². The van der Waals surface area contributed by atoms with Gasteiger partial charge in [-0.25, -0.2) is 0 Å². The molecule has 1 amide bonds. The number of primary amides is 1. The van der Waals surface area contributed by atoms with E-state index in [-0.39, 0.29) is 11.9 Å². The van der Waals surface area contributed by atoms with Crippen LogP contribution >= 0.6 is 0 Å². The largest absolute Gasteiger partial charge is 0.369 e. The number of carbonyl (C=O) groups excluding carboxylic acids is 1. The third-order valence-electron chi connectivity index (χ3n) is 2.80. The molecule has 1 fully saturated rings. The number of amides is 1. The summed E-state index contributed by atoms with van der Waals surface area (Å²) in [6, 6.07) is 4.17. The standard InChI is InChI=1S/C11H16N4O/c12-11(16)8-15-6-5-14-7-10(15)9-1-3-13-4-2-9/h1-4,10,14H,5-8H2,(H2,12,16). The predicted octanol–water partition coefficient (Wildman–Crippen LogP) is -0.487. The lowest BCUT2D eigenvalue weighted by Crippen LogP contribution is -2.48. The summed E-state index contributed by atoms with van der Waals surface area (Å²) < 4.78 is 0. The van der Waals surface area contributed by atoms with Gasteiger partial charge in [0.2, 0.25) is 5.91 Å². The lowest BCUT2D eigenvalue weighted by atomic mass is 10.0. The fraction of sp³-hybridized carbons (Fsp3) is 0.455. The number of hydrogen-bond donors (Lipinski definition) is 2. The summed E-state index contributed by atoms with van der Waals surface area (Å²) >= 11 is 0. The Kier molecular flexibility index (Phi) is 3.48. The van der Waals surface area contributed by atoms with Gasteiger partial charge in [0.25, 0.3) is 0 Å². The van der Waals surface area contributed by atoms with Crippen LogP contribution in [0.2, 0.25) is 0 Å². The second-order valence-electron chi connectivity index (χ2n) is 3.94. The second kappa shape index (κ2) is 5.05. The van der Waals surface area contributed by atoms with Gasteiger partial charge in [0.1, 0.15) is 0 Å². The van der Waals surface area contributed by atoms with Crippen molar-refractivity contribution in [2.45, 2.75) is 6.04 Å². The van der Waals surface area contributed by atoms with Crippen LogP contribution in [0.5, 0.6) is 0 Å². The minimum absolute atomic E-state index is 0.212. The van der Waals surface area contributed by atoms with Gasteiger partial charge in [-0.2, -0.15) is 0 Å². The Balaban J connectivity index is 2.13. The van der Waals surface area contributed by atoms with Crippen molar-refractivity contribution in [3.05, 3.63) is 30.1 Å². The SMILES string of the molecule is NC(=O)CN1CCNCC1c1ccncc1. The molecule has 86 valence electrons. The van der Waals surface area contributed by atoms with Crippen LogP contribution in [0.1, 0.15) is 11.6 Å². The molecule has 1 unspecified atom stereocenters. The molecule has 0 radical (unpaired) electrons. The molecule has 5 nitrogen and oxygen atoms in total.